The summed E-state index contributed by atoms with van der Waals surface area (Å²) in [6, 6.07) is 2.15. The molecule has 0 fully saturated rings. The van der Waals surface area contributed by atoms with E-state index in [1.54, 1.807) is 0 Å². The SMILES string of the molecule is C/C=C\c1cc(C)[nH]c1C.CC.CC. The van der Waals surface area contributed by atoms with Crippen molar-refractivity contribution in [2.45, 2.75) is 48.5 Å². The van der Waals surface area contributed by atoms with Crippen LogP contribution >= 0.6 is 0 Å². The van der Waals surface area contributed by atoms with E-state index >= 15 is 0 Å². The molecule has 0 amide bonds. The Labute approximate surface area is 89.2 Å². The van der Waals surface area contributed by atoms with Crippen LogP contribution in [0.25, 0.3) is 6.08 Å². The molecule has 1 aromatic rings. The Morgan fingerprint density at radius 1 is 1.07 bits per heavy atom. The molecule has 0 aliphatic heterocycles. The first-order chi connectivity index (χ1) is 6.74. The molecule has 0 aliphatic carbocycles. The van der Waals surface area contributed by atoms with Gasteiger partial charge in [0.15, 0.2) is 0 Å². The average molecular weight is 195 g/mol. The van der Waals surface area contributed by atoms with Crippen molar-refractivity contribution >= 4 is 6.08 Å². The van der Waals surface area contributed by atoms with Crippen LogP contribution in [0.1, 0.15) is 51.6 Å². The van der Waals surface area contributed by atoms with Crippen LogP contribution in [-0.4, -0.2) is 4.98 Å². The molecule has 0 radical (unpaired) electrons. The molecule has 0 aliphatic rings. The molecular formula is C13H25N. The Balaban J connectivity index is 0. The van der Waals surface area contributed by atoms with Gasteiger partial charge in [-0.1, -0.05) is 39.8 Å². The molecule has 0 aromatic carbocycles. The number of allylic oxidation sites excluding steroid dienone is 1. The summed E-state index contributed by atoms with van der Waals surface area (Å²) in [5.41, 5.74) is 3.77. The van der Waals surface area contributed by atoms with Gasteiger partial charge in [0.1, 0.15) is 0 Å². The van der Waals surface area contributed by atoms with Crippen molar-refractivity contribution in [2.75, 3.05) is 0 Å². The third-order valence-corrected chi connectivity index (χ3v) is 1.54. The molecular weight excluding hydrogens is 170 g/mol. The Morgan fingerprint density at radius 3 is 1.86 bits per heavy atom. The van der Waals surface area contributed by atoms with Crippen LogP contribution in [0.3, 0.4) is 0 Å². The lowest BCUT2D eigenvalue weighted by molar-refractivity contribution is 1.19. The van der Waals surface area contributed by atoms with Crippen LogP contribution in [0, 0.1) is 13.8 Å². The van der Waals surface area contributed by atoms with Gasteiger partial charge in [-0.3, -0.25) is 0 Å². The second-order valence-corrected chi connectivity index (χ2v) is 2.53. The Kier molecular flexibility index (Phi) is 11.2. The monoisotopic (exact) mass is 195 g/mol. The van der Waals surface area contributed by atoms with Crippen molar-refractivity contribution < 1.29 is 0 Å². The number of hydrogen-bond acceptors (Lipinski definition) is 0. The van der Waals surface area contributed by atoms with Crippen LogP contribution in [-0.2, 0) is 0 Å². The van der Waals surface area contributed by atoms with Crippen LogP contribution in [0.5, 0.6) is 0 Å². The molecule has 14 heavy (non-hydrogen) atoms. The van der Waals surface area contributed by atoms with Crippen molar-refractivity contribution in [3.05, 3.63) is 29.1 Å². The van der Waals surface area contributed by atoms with Gasteiger partial charge in [0.2, 0.25) is 0 Å². The van der Waals surface area contributed by atoms with Crippen molar-refractivity contribution in [1.29, 1.82) is 0 Å². The van der Waals surface area contributed by atoms with E-state index in [1.807, 2.05) is 34.6 Å². The third-order valence-electron chi connectivity index (χ3n) is 1.54. The van der Waals surface area contributed by atoms with E-state index in [0.29, 0.717) is 0 Å². The van der Waals surface area contributed by atoms with Gasteiger partial charge in [-0.15, -0.1) is 0 Å². The lowest BCUT2D eigenvalue weighted by Crippen LogP contribution is -1.72. The van der Waals surface area contributed by atoms with Crippen molar-refractivity contribution in [3.63, 3.8) is 0 Å². The molecule has 1 heteroatoms. The number of nitrogens with one attached hydrogen (secondary N) is 1. The zero-order chi connectivity index (χ0) is 11.6. The summed E-state index contributed by atoms with van der Waals surface area (Å²) in [5.74, 6) is 0. The summed E-state index contributed by atoms with van der Waals surface area (Å²) >= 11 is 0. The highest BCUT2D eigenvalue weighted by atomic mass is 14.7. The molecule has 0 bridgehead atoms. The van der Waals surface area contributed by atoms with Crippen molar-refractivity contribution in [1.82, 2.24) is 4.98 Å². The minimum Gasteiger partial charge on any atom is -0.362 e. The van der Waals surface area contributed by atoms with Gasteiger partial charge in [0.05, 0.1) is 0 Å². The van der Waals surface area contributed by atoms with Crippen molar-refractivity contribution in [2.24, 2.45) is 0 Å². The van der Waals surface area contributed by atoms with Gasteiger partial charge in [0, 0.05) is 11.4 Å². The minimum atomic E-state index is 1.23. The van der Waals surface area contributed by atoms with E-state index in [-0.39, 0.29) is 0 Å². The normalized spacial score (nSPS) is 8.79. The molecule has 0 saturated carbocycles. The van der Waals surface area contributed by atoms with Crippen LogP contribution in [0.4, 0.5) is 0 Å². The first-order valence-electron chi connectivity index (χ1n) is 5.53. The van der Waals surface area contributed by atoms with Gasteiger partial charge in [-0.25, -0.2) is 0 Å². The zero-order valence-corrected chi connectivity index (χ0v) is 10.7. The van der Waals surface area contributed by atoms with E-state index in [0.717, 1.165) is 0 Å². The second kappa shape index (κ2) is 10.1. The summed E-state index contributed by atoms with van der Waals surface area (Å²) in [6.45, 7) is 14.2. The maximum absolute atomic E-state index is 3.24. The van der Waals surface area contributed by atoms with Gasteiger partial charge in [0.25, 0.3) is 0 Å². The maximum Gasteiger partial charge on any atom is 0.0191 e. The molecule has 1 nitrogen and oxygen atoms in total. The van der Waals surface area contributed by atoms with E-state index in [4.69, 9.17) is 0 Å². The minimum absolute atomic E-state index is 1.23. The third kappa shape index (κ3) is 5.63. The molecule has 1 rings (SSSR count). The van der Waals surface area contributed by atoms with Crippen LogP contribution < -0.4 is 0 Å². The molecule has 1 aromatic heterocycles. The summed E-state index contributed by atoms with van der Waals surface area (Å²) in [4.78, 5) is 3.24. The van der Waals surface area contributed by atoms with Crippen LogP contribution in [0.15, 0.2) is 12.1 Å². The van der Waals surface area contributed by atoms with E-state index < -0.39 is 0 Å². The Bertz CT molecular complexity index is 244. The Hall–Kier alpha value is -0.980. The molecule has 82 valence electrons. The fourth-order valence-electron chi connectivity index (χ4n) is 1.10. The summed E-state index contributed by atoms with van der Waals surface area (Å²) in [6.07, 6.45) is 4.16. The Morgan fingerprint density at radius 2 is 1.57 bits per heavy atom. The second-order valence-electron chi connectivity index (χ2n) is 2.53. The van der Waals surface area contributed by atoms with Gasteiger partial charge in [-0.2, -0.15) is 0 Å². The van der Waals surface area contributed by atoms with E-state index in [2.05, 4.69) is 37.0 Å². The summed E-state index contributed by atoms with van der Waals surface area (Å²) in [5, 5.41) is 0. The number of aromatic amines is 1. The maximum atomic E-state index is 3.24. The number of aryl methyl sites for hydroxylation is 2. The standard InChI is InChI=1S/C9H13N.2C2H6/c1-4-5-9-6-7(2)10-8(9)3;2*1-2/h4-6,10H,1-3H3;2*1-2H3/b5-4-;;. The average Bonchev–Trinajstić information content (AvgIpc) is 2.53. The van der Waals surface area contributed by atoms with E-state index in [9.17, 15) is 0 Å². The lowest BCUT2D eigenvalue weighted by atomic mass is 10.2. The first-order valence-corrected chi connectivity index (χ1v) is 5.53. The lowest BCUT2D eigenvalue weighted by Gasteiger charge is -1.85. The fourth-order valence-corrected chi connectivity index (χ4v) is 1.10. The van der Waals surface area contributed by atoms with Gasteiger partial charge >= 0.3 is 0 Å². The summed E-state index contributed by atoms with van der Waals surface area (Å²) < 4.78 is 0. The predicted molar refractivity (Wildman–Crippen MR) is 67.7 cm³/mol. The van der Waals surface area contributed by atoms with Gasteiger partial charge in [-0.05, 0) is 32.4 Å². The van der Waals surface area contributed by atoms with Crippen LogP contribution in [0.2, 0.25) is 0 Å². The number of aromatic nitrogens is 1. The molecule has 0 saturated heterocycles. The number of H-pyrrole nitrogens is 1. The summed E-state index contributed by atoms with van der Waals surface area (Å²) in [7, 11) is 0. The zero-order valence-electron chi connectivity index (χ0n) is 10.7. The largest absolute Gasteiger partial charge is 0.362 e. The molecule has 0 atom stereocenters. The number of hydrogen-bond donors (Lipinski definition) is 1. The first kappa shape index (κ1) is 15.5. The molecule has 1 heterocycles. The highest BCUT2D eigenvalue weighted by Gasteiger charge is 1.95. The quantitative estimate of drug-likeness (QED) is 0.667. The van der Waals surface area contributed by atoms with Gasteiger partial charge < -0.3 is 4.98 Å². The topological polar surface area (TPSA) is 15.8 Å². The molecule has 0 spiro atoms. The highest BCUT2D eigenvalue weighted by Crippen LogP contribution is 2.10. The molecule has 1 N–H and O–H groups in total. The predicted octanol–water partition coefficient (Wildman–Crippen LogP) is 4.72. The molecule has 0 unspecified atom stereocenters. The fraction of sp³-hybridized carbons (Fsp3) is 0.538. The smallest absolute Gasteiger partial charge is 0.0191 e. The number of rotatable bonds is 1. The van der Waals surface area contributed by atoms with E-state index in [1.165, 1.54) is 17.0 Å². The highest BCUT2D eigenvalue weighted by molar-refractivity contribution is 5.52. The van der Waals surface area contributed by atoms with Crippen molar-refractivity contribution in [3.8, 4) is 0 Å².